The van der Waals surface area contributed by atoms with E-state index in [0.29, 0.717) is 6.54 Å². The van der Waals surface area contributed by atoms with Gasteiger partial charge >= 0.3 is 0 Å². The predicted octanol–water partition coefficient (Wildman–Crippen LogP) is 2.79. The maximum atomic E-state index is 12.8. The van der Waals surface area contributed by atoms with Crippen molar-refractivity contribution in [2.24, 2.45) is 18.4 Å². The van der Waals surface area contributed by atoms with Crippen LogP contribution >= 0.6 is 11.3 Å². The summed E-state index contributed by atoms with van der Waals surface area (Å²) in [5, 5.41) is 5.25. The number of thiophene rings is 1. The van der Waals surface area contributed by atoms with Gasteiger partial charge in [-0.25, -0.2) is 4.98 Å². The van der Waals surface area contributed by atoms with Crippen LogP contribution in [0.15, 0.2) is 30.0 Å². The number of nitrogens with zero attached hydrogens (tertiary/aromatic N) is 3. The highest BCUT2D eigenvalue weighted by molar-refractivity contribution is 7.09. The van der Waals surface area contributed by atoms with Gasteiger partial charge in [0.1, 0.15) is 0 Å². The second-order valence-electron chi connectivity index (χ2n) is 7.56. The van der Waals surface area contributed by atoms with Gasteiger partial charge in [0.05, 0.1) is 18.6 Å². The molecule has 6 heteroatoms. The summed E-state index contributed by atoms with van der Waals surface area (Å²) in [5.41, 5.74) is 1.42. The van der Waals surface area contributed by atoms with Crippen molar-refractivity contribution in [1.82, 2.24) is 19.8 Å². The first-order valence-electron chi connectivity index (χ1n) is 9.14. The van der Waals surface area contributed by atoms with E-state index in [9.17, 15) is 4.79 Å². The molecule has 1 spiro atoms. The normalized spacial score (nSPS) is 26.5. The fourth-order valence-electron chi connectivity index (χ4n) is 4.63. The lowest BCUT2D eigenvalue weighted by molar-refractivity contribution is -0.128. The molecule has 134 valence electrons. The van der Waals surface area contributed by atoms with Crippen LogP contribution in [0.1, 0.15) is 36.3 Å². The molecule has 3 heterocycles. The van der Waals surface area contributed by atoms with Crippen LogP contribution in [0.3, 0.4) is 0 Å². The number of likely N-dealkylation sites (tertiary alicyclic amines) is 1. The van der Waals surface area contributed by atoms with Crippen LogP contribution in [0.25, 0.3) is 0 Å². The highest BCUT2D eigenvalue weighted by Gasteiger charge is 2.50. The minimum Gasteiger partial charge on any atom is -0.351 e. The van der Waals surface area contributed by atoms with Crippen molar-refractivity contribution in [2.45, 2.75) is 38.8 Å². The van der Waals surface area contributed by atoms with Gasteiger partial charge in [-0.05, 0) is 42.7 Å². The third-order valence-electron chi connectivity index (χ3n) is 6.01. The minimum atomic E-state index is 0.170. The fourth-order valence-corrected chi connectivity index (χ4v) is 5.28. The van der Waals surface area contributed by atoms with Crippen molar-refractivity contribution in [3.8, 4) is 0 Å². The number of carbonyl (C=O) groups excluding carboxylic acids is 1. The number of hydrogen-bond acceptors (Lipinski definition) is 4. The lowest BCUT2D eigenvalue weighted by Crippen LogP contribution is -2.40. The zero-order valence-corrected chi connectivity index (χ0v) is 15.6. The van der Waals surface area contributed by atoms with Crippen molar-refractivity contribution >= 4 is 17.2 Å². The molecule has 0 radical (unpaired) electrons. The zero-order chi connectivity index (χ0) is 17.3. The Bertz CT molecular complexity index is 726. The summed E-state index contributed by atoms with van der Waals surface area (Å²) in [4.78, 5) is 20.8. The molecule has 1 amide bonds. The van der Waals surface area contributed by atoms with Crippen molar-refractivity contribution in [1.29, 1.82) is 0 Å². The molecule has 1 saturated heterocycles. The molecular weight excluding hydrogens is 332 g/mol. The lowest BCUT2D eigenvalue weighted by atomic mass is 9.76. The van der Waals surface area contributed by atoms with E-state index in [0.717, 1.165) is 32.5 Å². The Labute approximate surface area is 153 Å². The minimum absolute atomic E-state index is 0.170. The molecule has 0 unspecified atom stereocenters. The van der Waals surface area contributed by atoms with Crippen LogP contribution in [0, 0.1) is 11.3 Å². The van der Waals surface area contributed by atoms with Gasteiger partial charge in [0.25, 0.3) is 0 Å². The van der Waals surface area contributed by atoms with Gasteiger partial charge in [0.15, 0.2) is 0 Å². The molecule has 1 saturated carbocycles. The highest BCUT2D eigenvalue weighted by Crippen LogP contribution is 2.50. The van der Waals surface area contributed by atoms with Gasteiger partial charge in [-0.2, -0.15) is 0 Å². The van der Waals surface area contributed by atoms with Crippen molar-refractivity contribution in [2.75, 3.05) is 13.1 Å². The average Bonchev–Trinajstić information content (AvgIpc) is 3.38. The summed E-state index contributed by atoms with van der Waals surface area (Å²) < 4.78 is 2.09. The Morgan fingerprint density at radius 1 is 1.48 bits per heavy atom. The number of rotatable bonds is 5. The van der Waals surface area contributed by atoms with E-state index in [1.807, 2.05) is 25.6 Å². The maximum absolute atomic E-state index is 12.8. The molecule has 2 aromatic heterocycles. The molecule has 0 bridgehead atoms. The molecule has 2 aliphatic rings. The second-order valence-corrected chi connectivity index (χ2v) is 8.59. The summed E-state index contributed by atoms with van der Waals surface area (Å²) in [6.45, 7) is 3.72. The van der Waals surface area contributed by atoms with E-state index < -0.39 is 0 Å². The van der Waals surface area contributed by atoms with E-state index in [-0.39, 0.29) is 17.2 Å². The number of hydrogen-bond donors (Lipinski definition) is 1. The number of imidazole rings is 1. The smallest absolute Gasteiger partial charge is 0.224 e. The summed E-state index contributed by atoms with van der Waals surface area (Å²) in [7, 11) is 2.05. The first kappa shape index (κ1) is 16.8. The summed E-state index contributed by atoms with van der Waals surface area (Å²) in [6.07, 6.45) is 8.35. The van der Waals surface area contributed by atoms with E-state index in [1.165, 1.54) is 23.4 Å². The number of aryl methyl sites for hydroxylation is 1. The van der Waals surface area contributed by atoms with E-state index in [4.69, 9.17) is 0 Å². The molecule has 25 heavy (non-hydrogen) atoms. The van der Waals surface area contributed by atoms with Gasteiger partial charge in [-0.15, -0.1) is 11.3 Å². The molecule has 0 aromatic carbocycles. The maximum Gasteiger partial charge on any atom is 0.224 e. The van der Waals surface area contributed by atoms with E-state index in [2.05, 4.69) is 31.2 Å². The van der Waals surface area contributed by atoms with E-state index >= 15 is 0 Å². The molecule has 5 nitrogen and oxygen atoms in total. The summed E-state index contributed by atoms with van der Waals surface area (Å²) >= 11 is 1.70. The van der Waals surface area contributed by atoms with Crippen molar-refractivity contribution in [3.05, 3.63) is 40.6 Å². The predicted molar refractivity (Wildman–Crippen MR) is 99.0 cm³/mol. The van der Waals surface area contributed by atoms with Crippen LogP contribution < -0.4 is 5.32 Å². The van der Waals surface area contributed by atoms with Crippen LogP contribution in [0.4, 0.5) is 0 Å². The molecule has 4 rings (SSSR count). The summed E-state index contributed by atoms with van der Waals surface area (Å²) in [6, 6.07) is 4.12. The Morgan fingerprint density at radius 3 is 3.16 bits per heavy atom. The Balaban J connectivity index is 1.38. The first-order chi connectivity index (χ1) is 12.2. The third-order valence-corrected chi connectivity index (χ3v) is 6.88. The third kappa shape index (κ3) is 3.37. The van der Waals surface area contributed by atoms with Crippen LogP contribution in [0.2, 0.25) is 0 Å². The molecule has 1 aliphatic carbocycles. The number of amides is 1. The lowest BCUT2D eigenvalue weighted by Gasteiger charge is -2.30. The van der Waals surface area contributed by atoms with Crippen LogP contribution in [-0.4, -0.2) is 33.4 Å². The quantitative estimate of drug-likeness (QED) is 0.894. The van der Waals surface area contributed by atoms with Gasteiger partial charge in [-0.1, -0.05) is 12.5 Å². The number of carbonyl (C=O) groups is 1. The Kier molecular flexibility index (Phi) is 4.65. The SMILES string of the molecule is Cn1cncc1CN1CC[C@]2(CCC[C@@H]2C(=O)NCc2cccs2)C1. The second kappa shape index (κ2) is 6.92. The molecule has 1 N–H and O–H groups in total. The van der Waals surface area contributed by atoms with Gasteiger partial charge in [0, 0.05) is 37.1 Å². The van der Waals surface area contributed by atoms with Gasteiger partial charge < -0.3 is 9.88 Å². The molecule has 2 atom stereocenters. The van der Waals surface area contributed by atoms with Gasteiger partial charge in [0.2, 0.25) is 5.91 Å². The fraction of sp³-hybridized carbons (Fsp3) is 0.579. The van der Waals surface area contributed by atoms with E-state index in [1.54, 1.807) is 11.3 Å². The average molecular weight is 359 g/mol. The topological polar surface area (TPSA) is 50.2 Å². The number of nitrogens with one attached hydrogen (secondary N) is 1. The monoisotopic (exact) mass is 358 g/mol. The zero-order valence-electron chi connectivity index (χ0n) is 14.8. The molecule has 1 aliphatic heterocycles. The van der Waals surface area contributed by atoms with Crippen molar-refractivity contribution < 1.29 is 4.79 Å². The van der Waals surface area contributed by atoms with Crippen molar-refractivity contribution in [3.63, 3.8) is 0 Å². The highest BCUT2D eigenvalue weighted by atomic mass is 32.1. The molecular formula is C19H26N4OS. The standard InChI is InChI=1S/C19H26N4OS/c1-22-14-20-10-15(22)12-23-8-7-19(13-23)6-2-5-17(19)18(24)21-11-16-4-3-9-25-16/h3-4,9-10,14,17H,2,5-8,11-13H2,1H3,(H,21,24)/t17-,19-/m1/s1. The van der Waals surface area contributed by atoms with Gasteiger partial charge in [-0.3, -0.25) is 9.69 Å². The molecule has 2 fully saturated rings. The molecule has 2 aromatic rings. The summed E-state index contributed by atoms with van der Waals surface area (Å²) in [5.74, 6) is 0.428. The first-order valence-corrected chi connectivity index (χ1v) is 10.0. The van der Waals surface area contributed by atoms with Crippen LogP contribution in [0.5, 0.6) is 0 Å². The van der Waals surface area contributed by atoms with Crippen LogP contribution in [-0.2, 0) is 24.9 Å². The Morgan fingerprint density at radius 2 is 2.40 bits per heavy atom. The largest absolute Gasteiger partial charge is 0.351 e. The number of aromatic nitrogens is 2. The Hall–Kier alpha value is -1.66.